The lowest BCUT2D eigenvalue weighted by Gasteiger charge is -2.25. The van der Waals surface area contributed by atoms with Crippen LogP contribution in [-0.4, -0.2) is 22.7 Å². The first-order chi connectivity index (χ1) is 9.88. The average Bonchev–Trinajstić information content (AvgIpc) is 2.71. The van der Waals surface area contributed by atoms with Crippen molar-refractivity contribution < 1.29 is 14.4 Å². The summed E-state index contributed by atoms with van der Waals surface area (Å²) in [5.41, 5.74) is 2.37. The molecule has 0 spiro atoms. The van der Waals surface area contributed by atoms with Crippen LogP contribution < -0.4 is 5.43 Å². The Balaban J connectivity index is 2.15. The molecule has 1 aliphatic heterocycles. The molecule has 0 radical (unpaired) electrons. The normalized spacial score (nSPS) is 14.1. The molecule has 1 aliphatic rings. The molecule has 1 aromatic rings. The molecule has 0 saturated heterocycles. The van der Waals surface area contributed by atoms with Crippen molar-refractivity contribution in [1.29, 1.82) is 0 Å². The molecule has 2 rings (SSSR count). The van der Waals surface area contributed by atoms with E-state index in [4.69, 9.17) is 0 Å². The first kappa shape index (κ1) is 15.0. The zero-order chi connectivity index (χ0) is 15.6. The van der Waals surface area contributed by atoms with Gasteiger partial charge >= 0.3 is 0 Å². The molecule has 21 heavy (non-hydrogen) atoms. The number of hydrogen-bond donors (Lipinski definition) is 1. The van der Waals surface area contributed by atoms with Crippen molar-refractivity contribution in [3.63, 3.8) is 0 Å². The molecule has 1 heterocycles. The Kier molecular flexibility index (Phi) is 3.93. The van der Waals surface area contributed by atoms with E-state index in [2.05, 4.69) is 12.0 Å². The molecule has 5 nitrogen and oxygen atoms in total. The van der Waals surface area contributed by atoms with E-state index in [9.17, 15) is 14.4 Å². The second kappa shape index (κ2) is 5.52. The van der Waals surface area contributed by atoms with Gasteiger partial charge in [-0.1, -0.05) is 32.1 Å². The maximum Gasteiger partial charge on any atom is 0.280 e. The molecular weight excluding hydrogens is 268 g/mol. The first-order valence-electron chi connectivity index (χ1n) is 6.78. The van der Waals surface area contributed by atoms with Crippen molar-refractivity contribution in [3.05, 3.63) is 48.0 Å². The largest absolute Gasteiger partial charge is 0.280 e. The number of carbonyl (C=O) groups excluding carboxylic acids is 3. The van der Waals surface area contributed by atoms with Crippen LogP contribution in [0.2, 0.25) is 0 Å². The number of imide groups is 1. The standard InChI is InChI=1S/C16H18N2O3/c1-4-5-10-16(2,3)15(21)17-18-13(19)11-8-6-7-9-12(11)14(18)20/h4,6-9H,1,5,10H2,2-3H3,(H,17,21). The van der Waals surface area contributed by atoms with E-state index in [0.29, 0.717) is 24.0 Å². The van der Waals surface area contributed by atoms with Crippen LogP contribution >= 0.6 is 0 Å². The number of carbonyl (C=O) groups is 3. The summed E-state index contributed by atoms with van der Waals surface area (Å²) in [5, 5.41) is 0.794. The number of nitrogens with one attached hydrogen (secondary N) is 1. The van der Waals surface area contributed by atoms with Crippen molar-refractivity contribution >= 4 is 17.7 Å². The van der Waals surface area contributed by atoms with E-state index in [1.807, 2.05) is 0 Å². The van der Waals surface area contributed by atoms with Crippen LogP contribution in [0.5, 0.6) is 0 Å². The van der Waals surface area contributed by atoms with Gasteiger partial charge in [0.2, 0.25) is 5.91 Å². The molecule has 110 valence electrons. The molecule has 5 heteroatoms. The minimum Gasteiger partial charge on any atom is -0.273 e. The summed E-state index contributed by atoms with van der Waals surface area (Å²) in [6.07, 6.45) is 3.01. The summed E-state index contributed by atoms with van der Waals surface area (Å²) in [5.74, 6) is -1.36. The Hall–Kier alpha value is -2.43. The third-order valence-corrected chi connectivity index (χ3v) is 3.60. The predicted molar refractivity (Wildman–Crippen MR) is 78.3 cm³/mol. The number of hydrazine groups is 1. The second-order valence-corrected chi connectivity index (χ2v) is 5.64. The lowest BCUT2D eigenvalue weighted by molar-refractivity contribution is -0.132. The van der Waals surface area contributed by atoms with Gasteiger partial charge in [-0.25, -0.2) is 0 Å². The van der Waals surface area contributed by atoms with Gasteiger partial charge in [0.1, 0.15) is 0 Å². The van der Waals surface area contributed by atoms with Crippen LogP contribution in [-0.2, 0) is 4.79 Å². The van der Waals surface area contributed by atoms with E-state index in [1.165, 1.54) is 0 Å². The Morgan fingerprint density at radius 3 is 2.24 bits per heavy atom. The van der Waals surface area contributed by atoms with E-state index in [1.54, 1.807) is 44.2 Å². The molecule has 1 N–H and O–H groups in total. The van der Waals surface area contributed by atoms with Crippen molar-refractivity contribution in [2.24, 2.45) is 5.41 Å². The fourth-order valence-corrected chi connectivity index (χ4v) is 2.12. The number of rotatable bonds is 5. The van der Waals surface area contributed by atoms with Crippen molar-refractivity contribution in [3.8, 4) is 0 Å². The van der Waals surface area contributed by atoms with Gasteiger partial charge in [0.25, 0.3) is 11.8 Å². The van der Waals surface area contributed by atoms with Gasteiger partial charge in [0.15, 0.2) is 0 Å². The van der Waals surface area contributed by atoms with Gasteiger partial charge < -0.3 is 0 Å². The second-order valence-electron chi connectivity index (χ2n) is 5.64. The molecule has 0 aromatic heterocycles. The minimum atomic E-state index is -0.691. The Morgan fingerprint density at radius 2 is 1.76 bits per heavy atom. The summed E-state index contributed by atoms with van der Waals surface area (Å²) in [6, 6.07) is 6.52. The zero-order valence-electron chi connectivity index (χ0n) is 12.2. The highest BCUT2D eigenvalue weighted by Crippen LogP contribution is 2.25. The van der Waals surface area contributed by atoms with Gasteiger partial charge in [-0.3, -0.25) is 19.8 Å². The third-order valence-electron chi connectivity index (χ3n) is 3.60. The number of hydrogen-bond acceptors (Lipinski definition) is 3. The van der Waals surface area contributed by atoms with Crippen LogP contribution in [0.3, 0.4) is 0 Å². The predicted octanol–water partition coefficient (Wildman–Crippen LogP) is 2.31. The monoisotopic (exact) mass is 286 g/mol. The number of nitrogens with zero attached hydrogens (tertiary/aromatic N) is 1. The zero-order valence-corrected chi connectivity index (χ0v) is 12.2. The smallest absolute Gasteiger partial charge is 0.273 e. The number of amides is 3. The molecule has 0 aliphatic carbocycles. The van der Waals surface area contributed by atoms with Crippen LogP contribution in [0.1, 0.15) is 47.4 Å². The Bertz CT molecular complexity index is 585. The molecule has 0 saturated carbocycles. The fourth-order valence-electron chi connectivity index (χ4n) is 2.12. The number of allylic oxidation sites excluding steroid dienone is 1. The molecule has 0 atom stereocenters. The highest BCUT2D eigenvalue weighted by molar-refractivity contribution is 6.21. The van der Waals surface area contributed by atoms with Crippen LogP contribution in [0.25, 0.3) is 0 Å². The van der Waals surface area contributed by atoms with Crippen LogP contribution in [0.4, 0.5) is 0 Å². The average molecular weight is 286 g/mol. The maximum absolute atomic E-state index is 12.3. The fraction of sp³-hybridized carbons (Fsp3) is 0.312. The lowest BCUT2D eigenvalue weighted by Crippen LogP contribution is -2.50. The molecule has 0 unspecified atom stereocenters. The van der Waals surface area contributed by atoms with Crippen molar-refractivity contribution in [1.82, 2.24) is 10.4 Å². The van der Waals surface area contributed by atoms with E-state index in [0.717, 1.165) is 5.01 Å². The maximum atomic E-state index is 12.3. The lowest BCUT2D eigenvalue weighted by atomic mass is 9.87. The SMILES string of the molecule is C=CCCC(C)(C)C(=O)NN1C(=O)c2ccccc2C1=O. The molecule has 3 amide bonds. The highest BCUT2D eigenvalue weighted by Gasteiger charge is 2.38. The van der Waals surface area contributed by atoms with Gasteiger partial charge in [-0.05, 0) is 25.0 Å². The first-order valence-corrected chi connectivity index (χ1v) is 6.78. The van der Waals surface area contributed by atoms with E-state index in [-0.39, 0.29) is 5.91 Å². The van der Waals surface area contributed by atoms with E-state index >= 15 is 0 Å². The van der Waals surface area contributed by atoms with Gasteiger partial charge in [-0.2, -0.15) is 5.01 Å². The molecular formula is C16H18N2O3. The summed E-state index contributed by atoms with van der Waals surface area (Å²) < 4.78 is 0. The van der Waals surface area contributed by atoms with Crippen LogP contribution in [0, 0.1) is 5.41 Å². The highest BCUT2D eigenvalue weighted by atomic mass is 16.2. The molecule has 0 bridgehead atoms. The van der Waals surface area contributed by atoms with Gasteiger partial charge in [0.05, 0.1) is 11.1 Å². The molecule has 1 aromatic carbocycles. The minimum absolute atomic E-state index is 0.312. The summed E-state index contributed by atoms with van der Waals surface area (Å²) in [6.45, 7) is 7.16. The number of benzene rings is 1. The Labute approximate surface area is 123 Å². The van der Waals surface area contributed by atoms with Gasteiger partial charge in [-0.15, -0.1) is 6.58 Å². The summed E-state index contributed by atoms with van der Waals surface area (Å²) >= 11 is 0. The Morgan fingerprint density at radius 1 is 1.24 bits per heavy atom. The quantitative estimate of drug-likeness (QED) is 0.667. The van der Waals surface area contributed by atoms with Crippen LogP contribution in [0.15, 0.2) is 36.9 Å². The van der Waals surface area contributed by atoms with Crippen molar-refractivity contribution in [2.75, 3.05) is 0 Å². The third kappa shape index (κ3) is 2.72. The summed E-state index contributed by atoms with van der Waals surface area (Å²) in [7, 11) is 0. The summed E-state index contributed by atoms with van der Waals surface area (Å²) in [4.78, 5) is 36.6. The van der Waals surface area contributed by atoms with Gasteiger partial charge in [0, 0.05) is 5.41 Å². The molecule has 0 fully saturated rings. The van der Waals surface area contributed by atoms with Crippen molar-refractivity contribution in [2.45, 2.75) is 26.7 Å². The topological polar surface area (TPSA) is 66.5 Å². The number of fused-ring (bicyclic) bond motifs is 1. The van der Waals surface area contributed by atoms with E-state index < -0.39 is 17.2 Å².